The van der Waals surface area contributed by atoms with Crippen molar-refractivity contribution in [1.82, 2.24) is 9.88 Å². The van der Waals surface area contributed by atoms with Crippen molar-refractivity contribution in [2.24, 2.45) is 0 Å². The third kappa shape index (κ3) is 4.74. The molecule has 1 amide bonds. The van der Waals surface area contributed by atoms with Gasteiger partial charge in [-0.25, -0.2) is 0 Å². The summed E-state index contributed by atoms with van der Waals surface area (Å²) in [7, 11) is 3.20. The van der Waals surface area contributed by atoms with E-state index in [2.05, 4.69) is 9.88 Å². The molecular weight excluding hydrogens is 454 g/mol. The van der Waals surface area contributed by atoms with Crippen LogP contribution in [-0.2, 0) is 9.53 Å². The van der Waals surface area contributed by atoms with Crippen LogP contribution in [0.4, 0.5) is 0 Å². The minimum absolute atomic E-state index is 0.114. The lowest BCUT2D eigenvalue weighted by Gasteiger charge is -2.25. The number of aromatic nitrogens is 1. The fourth-order valence-corrected chi connectivity index (χ4v) is 4.50. The first-order chi connectivity index (χ1) is 16.6. The first-order valence-electron chi connectivity index (χ1n) is 11.0. The Morgan fingerprint density at radius 3 is 2.79 bits per heavy atom. The zero-order valence-electron chi connectivity index (χ0n) is 19.1. The van der Waals surface area contributed by atoms with Crippen LogP contribution < -0.4 is 14.8 Å². The number of benzene rings is 2. The minimum atomic E-state index is -0.509. The summed E-state index contributed by atoms with van der Waals surface area (Å²) in [5.74, 6) is 1.07. The summed E-state index contributed by atoms with van der Waals surface area (Å²) in [5.41, 5.74) is 3.58. The average molecular weight is 480 g/mol. The second-order valence-corrected chi connectivity index (χ2v) is 8.33. The van der Waals surface area contributed by atoms with Gasteiger partial charge in [-0.1, -0.05) is 23.7 Å². The molecule has 2 aromatic carbocycles. The number of ether oxygens (including phenoxy) is 3. The van der Waals surface area contributed by atoms with Crippen molar-refractivity contribution in [2.45, 2.75) is 31.5 Å². The van der Waals surface area contributed by atoms with Gasteiger partial charge in [0.25, 0.3) is 0 Å². The molecule has 3 aromatic rings. The summed E-state index contributed by atoms with van der Waals surface area (Å²) in [6.45, 7) is 0.338. The number of halogens is 1. The monoisotopic (exact) mass is 479 g/mol. The van der Waals surface area contributed by atoms with Crippen molar-refractivity contribution in [3.8, 4) is 23.3 Å². The largest absolute Gasteiger partial charge is 0.493 e. The van der Waals surface area contributed by atoms with Crippen LogP contribution in [0.5, 0.6) is 11.5 Å². The van der Waals surface area contributed by atoms with Crippen LogP contribution >= 0.6 is 11.6 Å². The second-order valence-electron chi connectivity index (χ2n) is 7.89. The van der Waals surface area contributed by atoms with Crippen LogP contribution in [0.2, 0.25) is 5.02 Å². The summed E-state index contributed by atoms with van der Waals surface area (Å²) in [5, 5.41) is 12.1. The van der Waals surface area contributed by atoms with Gasteiger partial charge in [-0.15, -0.1) is 0 Å². The molecule has 0 radical (unpaired) electrons. The highest BCUT2D eigenvalue weighted by molar-refractivity contribution is 6.30. The topological polar surface area (TPSA) is 85.5 Å². The molecule has 0 saturated carbocycles. The average Bonchev–Trinajstić information content (AvgIpc) is 3.29. The number of rotatable bonds is 8. The fraction of sp³-hybridized carbons (Fsp3) is 0.308. The molecule has 1 aliphatic rings. The van der Waals surface area contributed by atoms with E-state index < -0.39 is 6.10 Å². The van der Waals surface area contributed by atoms with Gasteiger partial charge in [0.2, 0.25) is 5.91 Å². The third-order valence-corrected chi connectivity index (χ3v) is 6.09. The Bertz CT molecular complexity index is 1220. The summed E-state index contributed by atoms with van der Waals surface area (Å²) in [4.78, 5) is 12.4. The molecule has 2 atom stereocenters. The maximum absolute atomic E-state index is 12.4. The number of nitrogens with zero attached hydrogens (tertiary/aromatic N) is 2. The third-order valence-electron chi connectivity index (χ3n) is 5.85. The Morgan fingerprint density at radius 1 is 1.18 bits per heavy atom. The Kier molecular flexibility index (Phi) is 7.41. The number of amides is 1. The zero-order valence-corrected chi connectivity index (χ0v) is 19.8. The summed E-state index contributed by atoms with van der Waals surface area (Å²) >= 11 is 6.42. The maximum Gasteiger partial charge on any atom is 0.220 e. The molecule has 176 valence electrons. The van der Waals surface area contributed by atoms with E-state index in [9.17, 15) is 4.79 Å². The van der Waals surface area contributed by atoms with E-state index in [1.807, 2.05) is 60.8 Å². The Morgan fingerprint density at radius 2 is 2.03 bits per heavy atom. The van der Waals surface area contributed by atoms with E-state index in [0.29, 0.717) is 29.5 Å². The van der Waals surface area contributed by atoms with E-state index in [4.69, 9.17) is 31.1 Å². The molecule has 0 aliphatic carbocycles. The number of carbonyl (C=O) groups is 1. The lowest BCUT2D eigenvalue weighted by molar-refractivity contribution is -0.122. The lowest BCUT2D eigenvalue weighted by atomic mass is 9.98. The molecule has 1 aromatic heterocycles. The molecule has 8 heteroatoms. The van der Waals surface area contributed by atoms with E-state index in [-0.39, 0.29) is 24.9 Å². The van der Waals surface area contributed by atoms with Gasteiger partial charge in [0.15, 0.2) is 11.5 Å². The van der Waals surface area contributed by atoms with E-state index in [0.717, 1.165) is 22.5 Å². The van der Waals surface area contributed by atoms with E-state index in [1.54, 1.807) is 14.2 Å². The van der Waals surface area contributed by atoms with Crippen molar-refractivity contribution in [3.05, 3.63) is 76.6 Å². The predicted octanol–water partition coefficient (Wildman–Crippen LogP) is 5.12. The lowest BCUT2D eigenvalue weighted by Crippen LogP contribution is -2.24. The molecule has 0 spiro atoms. The quantitative estimate of drug-likeness (QED) is 0.453. The van der Waals surface area contributed by atoms with Crippen LogP contribution in [0.25, 0.3) is 5.69 Å². The molecule has 7 nitrogen and oxygen atoms in total. The first kappa shape index (κ1) is 23.7. The van der Waals surface area contributed by atoms with Gasteiger partial charge in [-0.05, 0) is 42.8 Å². The number of para-hydroxylation sites is 1. The minimum Gasteiger partial charge on any atom is -0.493 e. The van der Waals surface area contributed by atoms with Gasteiger partial charge < -0.3 is 24.1 Å². The van der Waals surface area contributed by atoms with Crippen LogP contribution in [0.15, 0.2) is 54.7 Å². The highest BCUT2D eigenvalue weighted by Crippen LogP contribution is 2.46. The van der Waals surface area contributed by atoms with Crippen molar-refractivity contribution in [3.63, 3.8) is 0 Å². The number of carbonyl (C=O) groups excluding carboxylic acids is 1. The highest BCUT2D eigenvalue weighted by atomic mass is 35.5. The molecule has 0 unspecified atom stereocenters. The number of fused-ring (bicyclic) bond motifs is 3. The second kappa shape index (κ2) is 10.6. The van der Waals surface area contributed by atoms with Crippen molar-refractivity contribution in [2.75, 3.05) is 20.8 Å². The van der Waals surface area contributed by atoms with E-state index in [1.165, 1.54) is 0 Å². The van der Waals surface area contributed by atoms with Crippen LogP contribution in [-0.4, -0.2) is 31.2 Å². The van der Waals surface area contributed by atoms with Gasteiger partial charge in [0.05, 0.1) is 44.2 Å². The first-order valence-corrected chi connectivity index (χ1v) is 11.4. The van der Waals surface area contributed by atoms with Crippen LogP contribution in [0.1, 0.15) is 48.3 Å². The predicted molar refractivity (Wildman–Crippen MR) is 128 cm³/mol. The van der Waals surface area contributed by atoms with Gasteiger partial charge in [0.1, 0.15) is 6.10 Å². The molecule has 1 N–H and O–H groups in total. The number of nitrogens with one attached hydrogen (secondary N) is 1. The van der Waals surface area contributed by atoms with E-state index >= 15 is 0 Å². The number of hydrogen-bond acceptors (Lipinski definition) is 5. The van der Waals surface area contributed by atoms with Gasteiger partial charge in [-0.2, -0.15) is 5.26 Å². The van der Waals surface area contributed by atoms with Crippen LogP contribution in [0, 0.1) is 11.3 Å². The Hall–Kier alpha value is -3.47. The molecule has 0 fully saturated rings. The Balaban J connectivity index is 1.75. The highest BCUT2D eigenvalue weighted by Gasteiger charge is 2.33. The SMILES string of the molecule is COc1cccc([C@H]2O[C@H](CCC(=O)NCCC#N)c3cccn3-c3ccc(Cl)cc32)c1OC. The summed E-state index contributed by atoms with van der Waals surface area (Å²) in [6, 6.07) is 17.4. The number of nitriles is 1. The molecule has 2 heterocycles. The zero-order chi connectivity index (χ0) is 24.1. The smallest absolute Gasteiger partial charge is 0.220 e. The molecule has 0 saturated heterocycles. The standard InChI is InChI=1S/C26H26ClN3O4/c1-32-23-8-3-6-18(26(23)33-2)25-19-16-17(27)9-10-20(19)30-15-4-7-21(30)22(34-25)11-12-24(31)29-14-5-13-28/h3-4,6-10,15-16,22,25H,5,11-12,14H2,1-2H3,(H,29,31)/t22-,25-/m1/s1. The fourth-order valence-electron chi connectivity index (χ4n) is 4.32. The summed E-state index contributed by atoms with van der Waals surface area (Å²) < 4.78 is 20.1. The number of methoxy groups -OCH3 is 2. The molecule has 0 bridgehead atoms. The normalized spacial score (nSPS) is 16.5. The van der Waals surface area contributed by atoms with Gasteiger partial charge in [-0.3, -0.25) is 4.79 Å². The maximum atomic E-state index is 12.4. The molecular formula is C26H26ClN3O4. The molecule has 34 heavy (non-hydrogen) atoms. The van der Waals surface area contributed by atoms with Crippen molar-refractivity contribution < 1.29 is 19.0 Å². The van der Waals surface area contributed by atoms with Gasteiger partial charge >= 0.3 is 0 Å². The Labute approximate surface area is 203 Å². The molecule has 4 rings (SSSR count). The van der Waals surface area contributed by atoms with Gasteiger partial charge in [0, 0.05) is 35.3 Å². The molecule has 1 aliphatic heterocycles. The van der Waals surface area contributed by atoms with Crippen LogP contribution in [0.3, 0.4) is 0 Å². The van der Waals surface area contributed by atoms with Crippen molar-refractivity contribution in [1.29, 1.82) is 5.26 Å². The van der Waals surface area contributed by atoms with Crippen molar-refractivity contribution >= 4 is 17.5 Å². The number of hydrogen-bond donors (Lipinski definition) is 1. The summed E-state index contributed by atoms with van der Waals surface area (Å²) in [6.07, 6.45) is 2.11.